The van der Waals surface area contributed by atoms with Gasteiger partial charge in [0.2, 0.25) is 11.8 Å². The number of nitrogens with zero attached hydrogens (tertiary/aromatic N) is 3. The summed E-state index contributed by atoms with van der Waals surface area (Å²) in [6, 6.07) is 4.03. The number of nitrogens with one attached hydrogen (secondary N) is 5. The summed E-state index contributed by atoms with van der Waals surface area (Å²) in [6.45, 7) is 5.86. The Morgan fingerprint density at radius 3 is 2.73 bits per heavy atom. The van der Waals surface area contributed by atoms with E-state index in [-0.39, 0.29) is 54.4 Å². The largest absolute Gasteiger partial charge is 0.482 e. The van der Waals surface area contributed by atoms with Crippen molar-refractivity contribution in [3.63, 3.8) is 0 Å². The Balaban J connectivity index is 1.23. The molecule has 4 aliphatic heterocycles. The van der Waals surface area contributed by atoms with Crippen LogP contribution in [-0.2, 0) is 30.5 Å². The molecule has 0 aliphatic carbocycles. The molecule has 5 rings (SSSR count). The number of aliphatic imine (C=N–C) groups is 1. The molecule has 14 nitrogen and oxygen atoms in total. The van der Waals surface area contributed by atoms with Gasteiger partial charge < -0.3 is 30.9 Å². The van der Waals surface area contributed by atoms with Crippen molar-refractivity contribution in [2.45, 2.75) is 45.4 Å². The molecule has 0 radical (unpaired) electrons. The monoisotopic (exact) mass is 550 g/mol. The molecule has 4 heterocycles. The number of ether oxygens (including phenoxy) is 1. The van der Waals surface area contributed by atoms with E-state index in [0.717, 1.165) is 5.56 Å². The van der Waals surface area contributed by atoms with Gasteiger partial charge in [-0.1, -0.05) is 6.07 Å². The first-order chi connectivity index (χ1) is 19.1. The first-order valence-corrected chi connectivity index (χ1v) is 12.9. The Kier molecular flexibility index (Phi) is 7.26. The summed E-state index contributed by atoms with van der Waals surface area (Å²) in [6.07, 6.45) is 3.13. The van der Waals surface area contributed by atoms with Crippen LogP contribution in [0.3, 0.4) is 0 Å². The predicted octanol–water partition coefficient (Wildman–Crippen LogP) is -1.13. The molecule has 0 saturated carbocycles. The molecule has 1 aromatic rings. The van der Waals surface area contributed by atoms with Crippen molar-refractivity contribution in [2.75, 3.05) is 25.0 Å². The number of carbonyl (C=O) groups is 5. The zero-order valence-corrected chi connectivity index (χ0v) is 22.2. The van der Waals surface area contributed by atoms with Crippen LogP contribution < -0.4 is 31.4 Å². The van der Waals surface area contributed by atoms with Crippen molar-refractivity contribution in [3.8, 4) is 5.75 Å². The van der Waals surface area contributed by atoms with Gasteiger partial charge in [0.25, 0.3) is 17.7 Å². The summed E-state index contributed by atoms with van der Waals surface area (Å²) in [4.78, 5) is 67.8. The van der Waals surface area contributed by atoms with Gasteiger partial charge in [0.1, 0.15) is 29.0 Å². The molecule has 0 spiro atoms. The van der Waals surface area contributed by atoms with E-state index in [1.54, 1.807) is 36.1 Å². The second kappa shape index (κ2) is 10.8. The van der Waals surface area contributed by atoms with Crippen molar-refractivity contribution >= 4 is 40.9 Å². The van der Waals surface area contributed by atoms with E-state index in [1.807, 2.05) is 6.92 Å². The molecular formula is C26H30N8O6. The highest BCUT2D eigenvalue weighted by Crippen LogP contribution is 2.28. The van der Waals surface area contributed by atoms with E-state index in [9.17, 15) is 24.0 Å². The fourth-order valence-corrected chi connectivity index (χ4v) is 4.52. The average molecular weight is 551 g/mol. The zero-order valence-electron chi connectivity index (χ0n) is 22.2. The molecule has 14 heteroatoms. The maximum absolute atomic E-state index is 13.2. The summed E-state index contributed by atoms with van der Waals surface area (Å²) in [5.41, 5.74) is 4.47. The lowest BCUT2D eigenvalue weighted by Gasteiger charge is -2.39. The molecule has 1 unspecified atom stereocenters. The average Bonchev–Trinajstić information content (AvgIpc) is 3.27. The van der Waals surface area contributed by atoms with Gasteiger partial charge >= 0.3 is 0 Å². The van der Waals surface area contributed by atoms with E-state index in [0.29, 0.717) is 30.3 Å². The van der Waals surface area contributed by atoms with Crippen molar-refractivity contribution in [3.05, 3.63) is 47.4 Å². The number of amides is 5. The SMILES string of the molecule is CC(=O)N1CC(NC(=O)[C@H](C)NC(=O)C2=CC(C(=O)NCc3ccc4c(c3)NC(=O)CO4)=NC3=CC(C)NN32)C1. The number of carbonyl (C=O) groups excluding carboxylic acids is 5. The van der Waals surface area contributed by atoms with Gasteiger partial charge in [-0.2, -0.15) is 0 Å². The first-order valence-electron chi connectivity index (χ1n) is 12.9. The fourth-order valence-electron chi connectivity index (χ4n) is 4.52. The van der Waals surface area contributed by atoms with Crippen LogP contribution in [-0.4, -0.2) is 83.0 Å². The lowest BCUT2D eigenvalue weighted by molar-refractivity contribution is -0.136. The topological polar surface area (TPSA) is 174 Å². The Morgan fingerprint density at radius 2 is 1.98 bits per heavy atom. The summed E-state index contributed by atoms with van der Waals surface area (Å²) < 4.78 is 5.36. The lowest BCUT2D eigenvalue weighted by atomic mass is 10.1. The number of hydrogen-bond acceptors (Lipinski definition) is 9. The van der Waals surface area contributed by atoms with Gasteiger partial charge in [-0.25, -0.2) is 10.4 Å². The Morgan fingerprint density at radius 1 is 1.20 bits per heavy atom. The van der Waals surface area contributed by atoms with Crippen LogP contribution in [0.5, 0.6) is 5.75 Å². The fraction of sp³-hybridized carbons (Fsp3) is 0.385. The van der Waals surface area contributed by atoms with Gasteiger partial charge in [0.15, 0.2) is 6.61 Å². The van der Waals surface area contributed by atoms with E-state index in [2.05, 4.69) is 31.7 Å². The molecule has 1 aromatic carbocycles. The lowest BCUT2D eigenvalue weighted by Crippen LogP contribution is -2.62. The Labute approximate surface area is 229 Å². The molecule has 0 bridgehead atoms. The molecule has 40 heavy (non-hydrogen) atoms. The minimum atomic E-state index is -0.864. The highest BCUT2D eigenvalue weighted by molar-refractivity contribution is 6.44. The molecule has 4 aliphatic rings. The van der Waals surface area contributed by atoms with Crippen LogP contribution in [0, 0.1) is 0 Å². The third-order valence-corrected chi connectivity index (χ3v) is 6.72. The van der Waals surface area contributed by atoms with Crippen molar-refractivity contribution in [2.24, 2.45) is 4.99 Å². The maximum atomic E-state index is 13.2. The summed E-state index contributed by atoms with van der Waals surface area (Å²) in [7, 11) is 0. The van der Waals surface area contributed by atoms with E-state index in [4.69, 9.17) is 4.74 Å². The van der Waals surface area contributed by atoms with Gasteiger partial charge in [-0.05, 0) is 37.6 Å². The highest BCUT2D eigenvalue weighted by atomic mass is 16.5. The minimum Gasteiger partial charge on any atom is -0.482 e. The Bertz CT molecular complexity index is 1380. The number of hydrogen-bond donors (Lipinski definition) is 5. The molecule has 210 valence electrons. The second-order valence-electron chi connectivity index (χ2n) is 9.98. The van der Waals surface area contributed by atoms with Crippen LogP contribution in [0.25, 0.3) is 0 Å². The van der Waals surface area contributed by atoms with E-state index in [1.165, 1.54) is 18.0 Å². The third-order valence-electron chi connectivity index (χ3n) is 6.72. The molecule has 0 aromatic heterocycles. The number of fused-ring (bicyclic) bond motifs is 2. The van der Waals surface area contributed by atoms with Gasteiger partial charge in [0, 0.05) is 38.7 Å². The molecule has 1 saturated heterocycles. The van der Waals surface area contributed by atoms with Crippen LogP contribution >= 0.6 is 0 Å². The van der Waals surface area contributed by atoms with Crippen LogP contribution in [0.2, 0.25) is 0 Å². The standard InChI is InChI=1S/C26H30N8O6/c1-13-6-22-30-19(25(38)27-9-16-4-5-21-18(7-16)31-23(36)12-40-21)8-20(34(22)32-13)26(39)28-14(2)24(37)29-17-10-33(11-17)15(3)35/h4-8,13-14,17,32H,9-12H2,1-3H3,(H,27,38)(H,28,39)(H,29,37)(H,31,36)/t13?,14-/m0/s1. The number of rotatable bonds is 7. The maximum Gasteiger partial charge on any atom is 0.270 e. The highest BCUT2D eigenvalue weighted by Gasteiger charge is 2.35. The molecular weight excluding hydrogens is 520 g/mol. The number of benzene rings is 1. The molecule has 2 atom stereocenters. The van der Waals surface area contributed by atoms with E-state index < -0.39 is 17.9 Å². The summed E-state index contributed by atoms with van der Waals surface area (Å²) >= 11 is 0. The molecule has 5 amide bonds. The van der Waals surface area contributed by atoms with Crippen LogP contribution in [0.4, 0.5) is 5.69 Å². The number of hydrazine groups is 1. The summed E-state index contributed by atoms with van der Waals surface area (Å²) in [5.74, 6) is -0.834. The quantitative estimate of drug-likeness (QED) is 0.284. The third kappa shape index (κ3) is 5.66. The molecule has 1 fully saturated rings. The number of likely N-dealkylation sites (tertiary alicyclic amines) is 1. The number of anilines is 1. The normalized spacial score (nSPS) is 20.3. The predicted molar refractivity (Wildman–Crippen MR) is 142 cm³/mol. The van der Waals surface area contributed by atoms with Gasteiger partial charge in [-0.3, -0.25) is 29.0 Å². The van der Waals surface area contributed by atoms with Crippen molar-refractivity contribution in [1.82, 2.24) is 31.3 Å². The molecule has 5 N–H and O–H groups in total. The van der Waals surface area contributed by atoms with Crippen LogP contribution in [0.15, 0.2) is 46.9 Å². The smallest absolute Gasteiger partial charge is 0.270 e. The van der Waals surface area contributed by atoms with Gasteiger partial charge in [0.05, 0.1) is 11.7 Å². The van der Waals surface area contributed by atoms with Crippen LogP contribution in [0.1, 0.15) is 26.3 Å². The zero-order chi connectivity index (χ0) is 28.6. The minimum absolute atomic E-state index is 0.0223. The summed E-state index contributed by atoms with van der Waals surface area (Å²) in [5, 5.41) is 12.5. The van der Waals surface area contributed by atoms with Crippen molar-refractivity contribution in [1.29, 1.82) is 0 Å². The first kappa shape index (κ1) is 26.9. The van der Waals surface area contributed by atoms with Crippen molar-refractivity contribution < 1.29 is 28.7 Å². The van der Waals surface area contributed by atoms with E-state index >= 15 is 0 Å². The second-order valence-corrected chi connectivity index (χ2v) is 9.98. The Hall–Kier alpha value is -4.72. The van der Waals surface area contributed by atoms with Gasteiger partial charge in [-0.15, -0.1) is 0 Å².